The molecule has 0 spiro atoms. The van der Waals surface area contributed by atoms with Crippen LogP contribution in [-0.4, -0.2) is 33.9 Å². The second-order valence-corrected chi connectivity index (χ2v) is 8.73. The Morgan fingerprint density at radius 1 is 1.18 bits per heavy atom. The number of amides is 1. The monoisotopic (exact) mass is 446 g/mol. The summed E-state index contributed by atoms with van der Waals surface area (Å²) in [7, 11) is 0. The Balaban J connectivity index is 1.28. The highest BCUT2D eigenvalue weighted by Gasteiger charge is 2.23. The minimum Gasteiger partial charge on any atom is -0.447 e. The van der Waals surface area contributed by atoms with E-state index in [9.17, 15) is 9.18 Å². The van der Waals surface area contributed by atoms with Gasteiger partial charge in [0.1, 0.15) is 12.1 Å². The van der Waals surface area contributed by atoms with Crippen molar-refractivity contribution in [1.29, 1.82) is 0 Å². The Morgan fingerprint density at radius 3 is 2.91 bits per heavy atom. The van der Waals surface area contributed by atoms with E-state index in [4.69, 9.17) is 4.42 Å². The molecule has 0 saturated heterocycles. The summed E-state index contributed by atoms with van der Waals surface area (Å²) in [5.74, 6) is 0.621. The van der Waals surface area contributed by atoms with Gasteiger partial charge < -0.3 is 14.7 Å². The fraction of sp³-hybridized carbons (Fsp3) is 0.308. The quantitative estimate of drug-likeness (QED) is 0.371. The van der Waals surface area contributed by atoms with Crippen molar-refractivity contribution >= 4 is 16.8 Å². The Labute approximate surface area is 191 Å². The van der Waals surface area contributed by atoms with E-state index < -0.39 is 0 Å². The lowest BCUT2D eigenvalue weighted by Gasteiger charge is -2.21. The van der Waals surface area contributed by atoms with Gasteiger partial charge in [-0.2, -0.15) is 0 Å². The normalized spacial score (nSPS) is 13.6. The SMILES string of the molecule is O=C(NCC1CC1)c1coc(CN(CCc2c[nH]c3ccccc23)Cc2cccc(F)c2)n1. The van der Waals surface area contributed by atoms with Crippen molar-refractivity contribution in [2.45, 2.75) is 32.4 Å². The van der Waals surface area contributed by atoms with Crippen LogP contribution >= 0.6 is 0 Å². The molecule has 0 unspecified atom stereocenters. The van der Waals surface area contributed by atoms with Gasteiger partial charge in [-0.3, -0.25) is 9.69 Å². The van der Waals surface area contributed by atoms with Gasteiger partial charge in [-0.05, 0) is 54.5 Å². The number of oxazole rings is 1. The third-order valence-corrected chi connectivity index (χ3v) is 6.06. The third kappa shape index (κ3) is 5.49. The second-order valence-electron chi connectivity index (χ2n) is 8.73. The van der Waals surface area contributed by atoms with Gasteiger partial charge >= 0.3 is 0 Å². The number of aromatic amines is 1. The smallest absolute Gasteiger partial charge is 0.273 e. The first kappa shape index (κ1) is 21.4. The number of hydrogen-bond acceptors (Lipinski definition) is 4. The molecule has 0 radical (unpaired) electrons. The number of para-hydroxylation sites is 1. The highest BCUT2D eigenvalue weighted by Crippen LogP contribution is 2.27. The molecule has 1 aliphatic rings. The van der Waals surface area contributed by atoms with Crippen LogP contribution in [0.25, 0.3) is 10.9 Å². The van der Waals surface area contributed by atoms with E-state index in [0.29, 0.717) is 37.1 Å². The minimum atomic E-state index is -0.255. The fourth-order valence-corrected chi connectivity index (χ4v) is 4.05. The standard InChI is InChI=1S/C26H27FN4O2/c27-21-5-3-4-19(12-21)15-31(11-10-20-14-28-23-7-2-1-6-22(20)23)16-25-30-24(17-33-25)26(32)29-13-18-8-9-18/h1-7,12,14,17-18,28H,8-11,13,15-16H2,(H,29,32). The van der Waals surface area contributed by atoms with E-state index in [1.165, 1.54) is 36.1 Å². The van der Waals surface area contributed by atoms with Crippen molar-refractivity contribution in [3.8, 4) is 0 Å². The molecule has 5 rings (SSSR count). The van der Waals surface area contributed by atoms with E-state index in [1.807, 2.05) is 24.4 Å². The number of aromatic nitrogens is 2. The average Bonchev–Trinajstić information content (AvgIpc) is 3.37. The molecule has 0 atom stereocenters. The summed E-state index contributed by atoms with van der Waals surface area (Å²) in [6.07, 6.45) is 6.62. The van der Waals surface area contributed by atoms with Gasteiger partial charge in [0.2, 0.25) is 5.89 Å². The molecule has 2 N–H and O–H groups in total. The summed E-state index contributed by atoms with van der Waals surface area (Å²) < 4.78 is 19.4. The second kappa shape index (κ2) is 9.58. The number of rotatable bonds is 10. The van der Waals surface area contributed by atoms with Crippen molar-refractivity contribution in [3.05, 3.63) is 89.5 Å². The molecular formula is C26H27FN4O2. The van der Waals surface area contributed by atoms with Crippen LogP contribution in [-0.2, 0) is 19.5 Å². The maximum Gasteiger partial charge on any atom is 0.273 e. The Morgan fingerprint density at radius 2 is 2.06 bits per heavy atom. The van der Waals surface area contributed by atoms with Gasteiger partial charge in [-0.15, -0.1) is 0 Å². The van der Waals surface area contributed by atoms with Crippen LogP contribution in [0.3, 0.4) is 0 Å². The molecule has 170 valence electrons. The fourth-order valence-electron chi connectivity index (χ4n) is 4.05. The number of nitrogens with one attached hydrogen (secondary N) is 2. The maximum atomic E-state index is 13.8. The van der Waals surface area contributed by atoms with E-state index in [1.54, 1.807) is 12.1 Å². The zero-order valence-corrected chi connectivity index (χ0v) is 18.4. The molecule has 1 amide bonds. The largest absolute Gasteiger partial charge is 0.447 e. The topological polar surface area (TPSA) is 74.2 Å². The van der Waals surface area contributed by atoms with Gasteiger partial charge in [0, 0.05) is 36.7 Å². The van der Waals surface area contributed by atoms with Crippen molar-refractivity contribution in [2.24, 2.45) is 5.92 Å². The van der Waals surface area contributed by atoms with Gasteiger partial charge in [0.25, 0.3) is 5.91 Å². The average molecular weight is 447 g/mol. The predicted molar refractivity (Wildman–Crippen MR) is 124 cm³/mol. The first-order valence-electron chi connectivity index (χ1n) is 11.4. The zero-order valence-electron chi connectivity index (χ0n) is 18.4. The molecule has 7 heteroatoms. The first-order valence-corrected chi connectivity index (χ1v) is 11.4. The number of fused-ring (bicyclic) bond motifs is 1. The molecular weight excluding hydrogens is 419 g/mol. The van der Waals surface area contributed by atoms with E-state index in [2.05, 4.69) is 32.3 Å². The molecule has 1 fully saturated rings. The van der Waals surface area contributed by atoms with E-state index in [0.717, 1.165) is 24.0 Å². The molecule has 33 heavy (non-hydrogen) atoms. The number of H-pyrrole nitrogens is 1. The van der Waals surface area contributed by atoms with Gasteiger partial charge in [0.05, 0.1) is 6.54 Å². The van der Waals surface area contributed by atoms with Crippen LogP contribution in [0.2, 0.25) is 0 Å². The molecule has 4 aromatic rings. The van der Waals surface area contributed by atoms with Crippen molar-refractivity contribution in [3.63, 3.8) is 0 Å². The van der Waals surface area contributed by atoms with Gasteiger partial charge in [-0.25, -0.2) is 9.37 Å². The molecule has 1 aliphatic carbocycles. The highest BCUT2D eigenvalue weighted by molar-refractivity contribution is 5.91. The third-order valence-electron chi connectivity index (χ3n) is 6.06. The Bertz CT molecular complexity index is 1240. The lowest BCUT2D eigenvalue weighted by atomic mass is 10.1. The van der Waals surface area contributed by atoms with Gasteiger partial charge in [-0.1, -0.05) is 30.3 Å². The summed E-state index contributed by atoms with van der Waals surface area (Å²) >= 11 is 0. The number of hydrogen-bond donors (Lipinski definition) is 2. The molecule has 2 heterocycles. The van der Waals surface area contributed by atoms with Crippen LogP contribution in [0.15, 0.2) is 65.4 Å². The first-order chi connectivity index (χ1) is 16.1. The highest BCUT2D eigenvalue weighted by atomic mass is 19.1. The molecule has 0 aliphatic heterocycles. The lowest BCUT2D eigenvalue weighted by Crippen LogP contribution is -2.27. The minimum absolute atomic E-state index is 0.202. The lowest BCUT2D eigenvalue weighted by molar-refractivity contribution is 0.0946. The zero-order chi connectivity index (χ0) is 22.6. The predicted octanol–water partition coefficient (Wildman–Crippen LogP) is 4.68. The van der Waals surface area contributed by atoms with Crippen LogP contribution in [0.1, 0.15) is 40.3 Å². The molecule has 2 aromatic heterocycles. The van der Waals surface area contributed by atoms with Crippen molar-refractivity contribution < 1.29 is 13.6 Å². The van der Waals surface area contributed by atoms with Gasteiger partial charge in [0.15, 0.2) is 5.69 Å². The number of nitrogens with zero attached hydrogens (tertiary/aromatic N) is 2. The van der Waals surface area contributed by atoms with Crippen LogP contribution in [0, 0.1) is 11.7 Å². The number of benzene rings is 2. The number of halogens is 1. The Hall–Kier alpha value is -3.45. The summed E-state index contributed by atoms with van der Waals surface area (Å²) in [6.45, 7) is 2.39. The molecule has 1 saturated carbocycles. The van der Waals surface area contributed by atoms with Crippen molar-refractivity contribution in [1.82, 2.24) is 20.2 Å². The van der Waals surface area contributed by atoms with Crippen LogP contribution < -0.4 is 5.32 Å². The number of carbonyl (C=O) groups is 1. The summed E-state index contributed by atoms with van der Waals surface area (Å²) in [5.41, 5.74) is 3.51. The number of carbonyl (C=O) groups excluding carboxylic acids is 1. The van der Waals surface area contributed by atoms with E-state index in [-0.39, 0.29) is 11.7 Å². The molecule has 0 bridgehead atoms. The van der Waals surface area contributed by atoms with E-state index >= 15 is 0 Å². The van der Waals surface area contributed by atoms with Crippen LogP contribution in [0.4, 0.5) is 4.39 Å². The molecule has 6 nitrogen and oxygen atoms in total. The summed E-state index contributed by atoms with van der Waals surface area (Å²) in [6, 6.07) is 14.8. The maximum absolute atomic E-state index is 13.8. The van der Waals surface area contributed by atoms with Crippen LogP contribution in [0.5, 0.6) is 0 Å². The van der Waals surface area contributed by atoms with Crippen molar-refractivity contribution in [2.75, 3.05) is 13.1 Å². The summed E-state index contributed by atoms with van der Waals surface area (Å²) in [5, 5.41) is 4.12. The Kier molecular flexibility index (Phi) is 6.21. The summed E-state index contributed by atoms with van der Waals surface area (Å²) in [4.78, 5) is 22.2. The molecule has 2 aromatic carbocycles.